The van der Waals surface area contributed by atoms with E-state index in [4.69, 9.17) is 9.15 Å². The average molecular weight is 384 g/mol. The molecule has 0 atom stereocenters. The maximum absolute atomic E-state index is 12.5. The van der Waals surface area contributed by atoms with Gasteiger partial charge < -0.3 is 14.1 Å². The van der Waals surface area contributed by atoms with Crippen LogP contribution >= 0.6 is 11.3 Å². The number of anilines is 2. The number of hydrogen-bond donors (Lipinski definition) is 1. The maximum Gasteiger partial charge on any atom is 0.250 e. The third-order valence-electron chi connectivity index (χ3n) is 4.11. The summed E-state index contributed by atoms with van der Waals surface area (Å²) in [5.74, 6) is 0.275. The van der Waals surface area contributed by atoms with Gasteiger partial charge in [-0.2, -0.15) is 0 Å². The molecule has 4 rings (SSSR count). The molecule has 4 heterocycles. The largest absolute Gasteiger partial charge is 0.439 e. The Kier molecular flexibility index (Phi) is 4.69. The third-order valence-corrected chi connectivity index (χ3v) is 5.08. The highest BCUT2D eigenvalue weighted by molar-refractivity contribution is 7.17. The van der Waals surface area contributed by atoms with Gasteiger partial charge in [0.2, 0.25) is 17.3 Å². The molecule has 1 N–H and O–H groups in total. The van der Waals surface area contributed by atoms with Crippen molar-refractivity contribution < 1.29 is 13.9 Å². The molecule has 1 fully saturated rings. The van der Waals surface area contributed by atoms with Gasteiger partial charge in [-0.05, 0) is 12.1 Å². The predicted octanol–water partition coefficient (Wildman–Crippen LogP) is 2.27. The molecule has 27 heavy (non-hydrogen) atoms. The molecule has 8 nitrogen and oxygen atoms in total. The highest BCUT2D eigenvalue weighted by Crippen LogP contribution is 2.33. The molecule has 0 radical (unpaired) electrons. The Labute approximate surface area is 158 Å². The summed E-state index contributed by atoms with van der Waals surface area (Å²) in [5, 5.41) is 4.35. The van der Waals surface area contributed by atoms with Crippen molar-refractivity contribution in [2.75, 3.05) is 36.5 Å². The summed E-state index contributed by atoms with van der Waals surface area (Å²) in [6.07, 6.45) is 2.68. The van der Waals surface area contributed by atoms with Gasteiger partial charge in [0.25, 0.3) is 0 Å². The van der Waals surface area contributed by atoms with Crippen LogP contribution in [0.3, 0.4) is 0 Å². The molecule has 1 amide bonds. The lowest BCUT2D eigenvalue weighted by Gasteiger charge is -2.27. The zero-order chi connectivity index (χ0) is 18.8. The van der Waals surface area contributed by atoms with Crippen LogP contribution in [0.2, 0.25) is 0 Å². The number of nitrogens with one attached hydrogen (secondary N) is 1. The van der Waals surface area contributed by atoms with E-state index < -0.39 is 5.91 Å². The highest BCUT2D eigenvalue weighted by atomic mass is 32.1. The van der Waals surface area contributed by atoms with Crippen molar-refractivity contribution in [2.24, 2.45) is 0 Å². The first-order valence-electron chi connectivity index (χ1n) is 8.30. The summed E-state index contributed by atoms with van der Waals surface area (Å²) >= 11 is 1.30. The van der Waals surface area contributed by atoms with E-state index in [-0.39, 0.29) is 11.4 Å². The number of morpholine rings is 1. The van der Waals surface area contributed by atoms with E-state index in [9.17, 15) is 9.59 Å². The number of hydrogen-bond acceptors (Lipinski definition) is 8. The van der Waals surface area contributed by atoms with Crippen LogP contribution in [0.1, 0.15) is 0 Å². The van der Waals surface area contributed by atoms with Crippen molar-refractivity contribution in [1.82, 2.24) is 9.97 Å². The average Bonchev–Trinajstić information content (AvgIpc) is 3.13. The number of nitrogens with zero attached hydrogens (tertiary/aromatic N) is 3. The summed E-state index contributed by atoms with van der Waals surface area (Å²) in [6.45, 7) is 5.92. The number of rotatable bonds is 4. The lowest BCUT2D eigenvalue weighted by atomic mass is 10.2. The monoisotopic (exact) mass is 384 g/mol. The number of amides is 1. The molecular weight excluding hydrogens is 368 g/mol. The fourth-order valence-corrected chi connectivity index (χ4v) is 3.67. The quantitative estimate of drug-likeness (QED) is 0.689. The molecule has 0 aliphatic carbocycles. The van der Waals surface area contributed by atoms with Crippen molar-refractivity contribution in [3.63, 3.8) is 0 Å². The van der Waals surface area contributed by atoms with Crippen LogP contribution in [0, 0.1) is 0 Å². The molecule has 0 unspecified atom stereocenters. The highest BCUT2D eigenvalue weighted by Gasteiger charge is 2.19. The van der Waals surface area contributed by atoms with Gasteiger partial charge in [-0.3, -0.25) is 14.9 Å². The van der Waals surface area contributed by atoms with Crippen molar-refractivity contribution >= 4 is 39.4 Å². The first kappa shape index (κ1) is 17.4. The molecule has 3 aromatic heterocycles. The van der Waals surface area contributed by atoms with Crippen molar-refractivity contribution in [3.8, 4) is 11.3 Å². The number of carbonyl (C=O) groups is 1. The summed E-state index contributed by atoms with van der Waals surface area (Å²) in [4.78, 5) is 34.4. The number of fused-ring (bicyclic) bond motifs is 1. The zero-order valence-corrected chi connectivity index (χ0v) is 15.1. The molecule has 0 saturated carbocycles. The van der Waals surface area contributed by atoms with E-state index in [0.29, 0.717) is 53.7 Å². The van der Waals surface area contributed by atoms with Gasteiger partial charge in [-0.15, -0.1) is 11.3 Å². The van der Waals surface area contributed by atoms with Gasteiger partial charge in [0.05, 0.1) is 24.5 Å². The molecule has 0 spiro atoms. The Bertz CT molecular complexity index is 1070. The topological polar surface area (TPSA) is 97.6 Å². The second-order valence-corrected chi connectivity index (χ2v) is 6.69. The fraction of sp³-hybridized carbons (Fsp3) is 0.222. The molecule has 1 aliphatic rings. The summed E-state index contributed by atoms with van der Waals surface area (Å²) in [7, 11) is 0. The van der Waals surface area contributed by atoms with E-state index in [0.717, 1.165) is 6.08 Å². The number of thiophene rings is 1. The Hall–Kier alpha value is -3.04. The first-order chi connectivity index (χ1) is 13.2. The van der Waals surface area contributed by atoms with Crippen LogP contribution in [0.4, 0.5) is 11.8 Å². The maximum atomic E-state index is 12.5. The smallest absolute Gasteiger partial charge is 0.250 e. The van der Waals surface area contributed by atoms with Crippen LogP contribution in [0.5, 0.6) is 0 Å². The van der Waals surface area contributed by atoms with E-state index in [2.05, 4.69) is 21.9 Å². The summed E-state index contributed by atoms with van der Waals surface area (Å²) in [6, 6.07) is 3.22. The van der Waals surface area contributed by atoms with Crippen molar-refractivity contribution in [1.29, 1.82) is 0 Å². The van der Waals surface area contributed by atoms with Crippen molar-refractivity contribution in [2.45, 2.75) is 0 Å². The third kappa shape index (κ3) is 3.46. The van der Waals surface area contributed by atoms with Crippen LogP contribution < -0.4 is 15.6 Å². The van der Waals surface area contributed by atoms with Gasteiger partial charge in [-0.1, -0.05) is 6.58 Å². The van der Waals surface area contributed by atoms with Crippen LogP contribution in [-0.4, -0.2) is 42.2 Å². The van der Waals surface area contributed by atoms with Crippen LogP contribution in [0.15, 0.2) is 45.6 Å². The van der Waals surface area contributed by atoms with E-state index in [1.165, 1.54) is 23.6 Å². The van der Waals surface area contributed by atoms with Gasteiger partial charge >= 0.3 is 0 Å². The minimum absolute atomic E-state index is 0.0942. The van der Waals surface area contributed by atoms with Crippen LogP contribution in [-0.2, 0) is 9.53 Å². The predicted molar refractivity (Wildman–Crippen MR) is 103 cm³/mol. The Morgan fingerprint density at radius 1 is 1.37 bits per heavy atom. The SMILES string of the molecule is C=CC(=O)Nc1nccc(-c2csc3c(=O)cc(N4CCOCC4)oc23)n1. The molecule has 0 bridgehead atoms. The normalized spacial score (nSPS) is 14.3. The fourth-order valence-electron chi connectivity index (χ4n) is 2.78. The van der Waals surface area contributed by atoms with Gasteiger partial charge in [-0.25, -0.2) is 9.97 Å². The summed E-state index contributed by atoms with van der Waals surface area (Å²) < 4.78 is 11.9. The molecule has 1 saturated heterocycles. The van der Waals surface area contributed by atoms with E-state index in [1.807, 2.05) is 10.3 Å². The number of carbonyl (C=O) groups excluding carboxylic acids is 1. The van der Waals surface area contributed by atoms with Gasteiger partial charge in [0, 0.05) is 30.7 Å². The molecule has 0 aromatic carbocycles. The Morgan fingerprint density at radius 3 is 2.96 bits per heavy atom. The van der Waals surface area contributed by atoms with Crippen LogP contribution in [0.25, 0.3) is 21.5 Å². The number of aromatic nitrogens is 2. The standard InChI is InChI=1S/C18H16N4O4S/c1-2-14(24)21-18-19-4-3-12(20-18)11-10-27-17-13(23)9-15(26-16(11)17)22-5-7-25-8-6-22/h2-4,9-10H,1,5-8H2,(H,19,20,21,24). The Morgan fingerprint density at radius 2 is 2.19 bits per heavy atom. The Balaban J connectivity index is 1.77. The minimum atomic E-state index is -0.400. The zero-order valence-electron chi connectivity index (χ0n) is 14.3. The summed E-state index contributed by atoms with van der Waals surface area (Å²) in [5.41, 5.74) is 1.62. The van der Waals surface area contributed by atoms with E-state index in [1.54, 1.807) is 6.07 Å². The lowest BCUT2D eigenvalue weighted by Crippen LogP contribution is -2.36. The molecule has 3 aromatic rings. The van der Waals surface area contributed by atoms with Gasteiger partial charge in [0.15, 0.2) is 11.5 Å². The number of ether oxygens (including phenoxy) is 1. The van der Waals surface area contributed by atoms with Gasteiger partial charge in [0.1, 0.15) is 4.70 Å². The van der Waals surface area contributed by atoms with E-state index >= 15 is 0 Å². The molecule has 1 aliphatic heterocycles. The lowest BCUT2D eigenvalue weighted by molar-refractivity contribution is -0.111. The van der Waals surface area contributed by atoms with Crippen molar-refractivity contribution in [3.05, 3.63) is 46.6 Å². The molecule has 138 valence electrons. The second kappa shape index (κ2) is 7.29. The molecular formula is C18H16N4O4S. The molecule has 9 heteroatoms. The minimum Gasteiger partial charge on any atom is -0.439 e. The second-order valence-electron chi connectivity index (χ2n) is 5.81. The first-order valence-corrected chi connectivity index (χ1v) is 9.18.